The Balaban J connectivity index is 1.58. The molecule has 1 aliphatic rings. The molecule has 11 heteroatoms. The van der Waals surface area contributed by atoms with Gasteiger partial charge in [-0.1, -0.05) is 41.6 Å². The second-order valence-electron chi connectivity index (χ2n) is 7.86. The maximum Gasteiger partial charge on any atom is 0.356 e. The number of aromatic nitrogens is 3. The Bertz CT molecular complexity index is 1610. The number of hydrogen-bond donors (Lipinski definition) is 1. The van der Waals surface area contributed by atoms with Crippen LogP contribution in [0.4, 0.5) is 5.69 Å². The summed E-state index contributed by atoms with van der Waals surface area (Å²) in [7, 11) is 3.00. The summed E-state index contributed by atoms with van der Waals surface area (Å²) in [6.45, 7) is 0.509. The molecule has 2 N–H and O–H groups in total. The molecule has 3 aromatic heterocycles. The lowest BCUT2D eigenvalue weighted by Gasteiger charge is -2.11. The van der Waals surface area contributed by atoms with Crippen molar-refractivity contribution < 1.29 is 9.53 Å². The molecule has 0 saturated carbocycles. The summed E-state index contributed by atoms with van der Waals surface area (Å²) in [5.74, 6) is -0.0734. The van der Waals surface area contributed by atoms with E-state index in [1.54, 1.807) is 11.6 Å². The zero-order valence-corrected chi connectivity index (χ0v) is 21.7. The first-order valence-corrected chi connectivity index (χ1v) is 13.0. The number of fused-ring (bicyclic) bond motifs is 1. The smallest absolute Gasteiger partial charge is 0.356 e. The van der Waals surface area contributed by atoms with Crippen LogP contribution in [0.5, 0.6) is 0 Å². The van der Waals surface area contributed by atoms with Crippen LogP contribution in [0.2, 0.25) is 5.02 Å². The molecule has 1 aliphatic heterocycles. The normalized spacial score (nSPS) is 12.7. The van der Waals surface area contributed by atoms with Crippen molar-refractivity contribution in [2.75, 3.05) is 19.4 Å². The van der Waals surface area contributed by atoms with Crippen LogP contribution in [0, 0.1) is 11.3 Å². The Hall–Kier alpha value is -3.65. The first-order valence-electron chi connectivity index (χ1n) is 10.8. The van der Waals surface area contributed by atoms with Gasteiger partial charge in [0, 0.05) is 34.3 Å². The molecule has 0 bridgehead atoms. The molecule has 0 atom stereocenters. The fraction of sp³-hybridized carbons (Fsp3) is 0.160. The van der Waals surface area contributed by atoms with E-state index < -0.39 is 5.97 Å². The molecule has 4 aromatic rings. The molecule has 0 radical (unpaired) electrons. The SMILES string of the molecule is COC(=O)c1c(N)c2c(C3=NCC=C3)c(C#N)c(SCc3csc(-c4ccc(Cl)cc4)n3)nc2n1C. The third-order valence-electron chi connectivity index (χ3n) is 5.71. The van der Waals surface area contributed by atoms with Crippen LogP contribution in [0.15, 0.2) is 51.8 Å². The monoisotopic (exact) mass is 534 g/mol. The minimum atomic E-state index is -0.576. The van der Waals surface area contributed by atoms with Crippen LogP contribution in [0.3, 0.4) is 0 Å². The van der Waals surface area contributed by atoms with Gasteiger partial charge in [0.1, 0.15) is 21.7 Å². The minimum Gasteiger partial charge on any atom is -0.464 e. The number of esters is 1. The van der Waals surface area contributed by atoms with E-state index in [0.29, 0.717) is 50.2 Å². The van der Waals surface area contributed by atoms with Crippen LogP contribution >= 0.6 is 34.7 Å². The highest BCUT2D eigenvalue weighted by Gasteiger charge is 2.28. The van der Waals surface area contributed by atoms with Gasteiger partial charge in [0.2, 0.25) is 0 Å². The second-order valence-corrected chi connectivity index (χ2v) is 10.1. The predicted molar refractivity (Wildman–Crippen MR) is 144 cm³/mol. The van der Waals surface area contributed by atoms with Crippen LogP contribution in [-0.2, 0) is 17.5 Å². The molecule has 0 unspecified atom stereocenters. The molecule has 180 valence electrons. The highest BCUT2D eigenvalue weighted by molar-refractivity contribution is 7.98. The zero-order valence-electron chi connectivity index (χ0n) is 19.3. The van der Waals surface area contributed by atoms with Gasteiger partial charge in [0.05, 0.1) is 41.7 Å². The van der Waals surface area contributed by atoms with Crippen molar-refractivity contribution >= 4 is 63.1 Å². The van der Waals surface area contributed by atoms with Gasteiger partial charge in [-0.15, -0.1) is 11.3 Å². The molecule has 4 heterocycles. The van der Waals surface area contributed by atoms with Gasteiger partial charge in [0.25, 0.3) is 0 Å². The number of aryl methyl sites for hydroxylation is 1. The molecular formula is C25H19ClN6O2S2. The number of carbonyl (C=O) groups excluding carboxylic acids is 1. The number of carbonyl (C=O) groups is 1. The Morgan fingerprint density at radius 2 is 2.11 bits per heavy atom. The molecule has 0 spiro atoms. The number of hydrogen-bond acceptors (Lipinski definition) is 9. The van der Waals surface area contributed by atoms with E-state index in [2.05, 4.69) is 11.1 Å². The Labute approximate surface area is 220 Å². The highest BCUT2D eigenvalue weighted by atomic mass is 35.5. The topological polar surface area (TPSA) is 119 Å². The number of rotatable bonds is 6. The molecule has 0 amide bonds. The molecule has 1 aromatic carbocycles. The van der Waals surface area contributed by atoms with E-state index in [1.165, 1.54) is 30.2 Å². The van der Waals surface area contributed by atoms with Crippen LogP contribution in [-0.4, -0.2) is 39.9 Å². The average Bonchev–Trinajstić information content (AvgIpc) is 3.63. The average molecular weight is 535 g/mol. The van der Waals surface area contributed by atoms with Gasteiger partial charge in [-0.2, -0.15) is 5.26 Å². The van der Waals surface area contributed by atoms with Crippen LogP contribution < -0.4 is 5.73 Å². The first-order chi connectivity index (χ1) is 17.4. The number of pyridine rings is 1. The molecule has 0 fully saturated rings. The molecular weight excluding hydrogens is 516 g/mol. The van der Waals surface area contributed by atoms with E-state index >= 15 is 0 Å². The van der Waals surface area contributed by atoms with Crippen molar-refractivity contribution in [3.8, 4) is 16.6 Å². The third-order valence-corrected chi connectivity index (χ3v) is 7.91. The van der Waals surface area contributed by atoms with Crippen LogP contribution in [0.25, 0.3) is 21.6 Å². The van der Waals surface area contributed by atoms with Gasteiger partial charge in [-0.25, -0.2) is 14.8 Å². The van der Waals surface area contributed by atoms with E-state index in [1.807, 2.05) is 41.8 Å². The number of methoxy groups -OCH3 is 1. The number of nitrogens with zero attached hydrogens (tertiary/aromatic N) is 5. The summed E-state index contributed by atoms with van der Waals surface area (Å²) < 4.78 is 6.54. The zero-order chi connectivity index (χ0) is 25.4. The van der Waals surface area contributed by atoms with Crippen LogP contribution in [0.1, 0.15) is 27.3 Å². The minimum absolute atomic E-state index is 0.182. The number of allylic oxidation sites excluding steroid dienone is 1. The third kappa shape index (κ3) is 4.15. The Morgan fingerprint density at radius 1 is 1.33 bits per heavy atom. The van der Waals surface area contributed by atoms with E-state index in [4.69, 9.17) is 32.0 Å². The van der Waals surface area contributed by atoms with Crippen molar-refractivity contribution in [3.63, 3.8) is 0 Å². The molecule has 36 heavy (non-hydrogen) atoms. The standard InChI is InChI=1S/C25H19ClN6O2S2/c1-32-21(25(33)34-2)20(28)19-18(17-4-3-9-29-17)16(10-27)24(31-22(19)32)36-12-15-11-35-23(30-15)13-5-7-14(26)8-6-13/h3-8,11H,9,12,28H2,1-2H3. The van der Waals surface area contributed by atoms with Crippen molar-refractivity contribution in [3.05, 3.63) is 69.3 Å². The fourth-order valence-corrected chi connectivity index (χ4v) is 5.97. The first kappa shape index (κ1) is 24.1. The lowest BCUT2D eigenvalue weighted by Crippen LogP contribution is -2.10. The van der Waals surface area contributed by atoms with Crippen molar-refractivity contribution in [1.29, 1.82) is 5.26 Å². The van der Waals surface area contributed by atoms with E-state index in [9.17, 15) is 10.1 Å². The molecule has 5 rings (SSSR count). The number of anilines is 1. The van der Waals surface area contributed by atoms with Crippen molar-refractivity contribution in [2.45, 2.75) is 10.8 Å². The van der Waals surface area contributed by atoms with Crippen molar-refractivity contribution in [2.24, 2.45) is 12.0 Å². The number of thiazole rings is 1. The molecule has 0 aliphatic carbocycles. The number of ether oxygens (including phenoxy) is 1. The number of benzene rings is 1. The fourth-order valence-electron chi connectivity index (χ4n) is 4.03. The maximum absolute atomic E-state index is 12.5. The van der Waals surface area contributed by atoms with Gasteiger partial charge in [0.15, 0.2) is 5.69 Å². The summed E-state index contributed by atoms with van der Waals surface area (Å²) in [6, 6.07) is 9.83. The number of nitriles is 1. The van der Waals surface area contributed by atoms with E-state index in [-0.39, 0.29) is 11.4 Å². The number of thioether (sulfide) groups is 1. The maximum atomic E-state index is 12.5. The Kier molecular flexibility index (Phi) is 6.53. The summed E-state index contributed by atoms with van der Waals surface area (Å²) in [6.07, 6.45) is 3.76. The molecule has 0 saturated heterocycles. The number of aliphatic imine (C=N–C) groups is 1. The number of nitrogens with two attached hydrogens (primary N) is 1. The lowest BCUT2D eigenvalue weighted by molar-refractivity contribution is 0.0591. The quantitative estimate of drug-likeness (QED) is 0.265. The van der Waals surface area contributed by atoms with E-state index in [0.717, 1.165) is 16.3 Å². The van der Waals surface area contributed by atoms with Gasteiger partial charge in [-0.05, 0) is 18.2 Å². The van der Waals surface area contributed by atoms with Gasteiger partial charge >= 0.3 is 5.97 Å². The number of halogens is 1. The predicted octanol–water partition coefficient (Wildman–Crippen LogP) is 5.24. The number of nitrogen functional groups attached to an aromatic ring is 1. The summed E-state index contributed by atoms with van der Waals surface area (Å²) in [4.78, 5) is 26.5. The summed E-state index contributed by atoms with van der Waals surface area (Å²) in [5.41, 5.74) is 10.7. The van der Waals surface area contributed by atoms with Gasteiger partial charge < -0.3 is 15.0 Å². The van der Waals surface area contributed by atoms with Gasteiger partial charge in [-0.3, -0.25) is 4.99 Å². The summed E-state index contributed by atoms with van der Waals surface area (Å²) in [5, 5.41) is 14.7. The molecule has 8 nitrogen and oxygen atoms in total. The highest BCUT2D eigenvalue weighted by Crippen LogP contribution is 2.38. The summed E-state index contributed by atoms with van der Waals surface area (Å²) >= 11 is 8.94. The Morgan fingerprint density at radius 3 is 2.78 bits per heavy atom. The lowest BCUT2D eigenvalue weighted by atomic mass is 10.0. The van der Waals surface area contributed by atoms with Crippen molar-refractivity contribution in [1.82, 2.24) is 14.5 Å². The second kappa shape index (κ2) is 9.78. The largest absolute Gasteiger partial charge is 0.464 e.